The van der Waals surface area contributed by atoms with E-state index in [-0.39, 0.29) is 18.1 Å². The first-order chi connectivity index (χ1) is 8.72. The maximum absolute atomic E-state index is 12.2. The maximum atomic E-state index is 12.2. The number of β-amino-alcohol motifs (C(OH)–C–C–N with tert-alkyl or cyclic N) is 1. The van der Waals surface area contributed by atoms with Crippen LogP contribution in [0.15, 0.2) is 0 Å². The van der Waals surface area contributed by atoms with Gasteiger partial charge in [0, 0.05) is 39.3 Å². The molecule has 2 N–H and O–H groups in total. The average molecular weight is 253 g/mol. The Morgan fingerprint density at radius 2 is 1.94 bits per heavy atom. The van der Waals surface area contributed by atoms with E-state index in [2.05, 4.69) is 10.2 Å². The second-order valence-corrected chi connectivity index (χ2v) is 5.92. The minimum Gasteiger partial charge on any atom is -0.392 e. The van der Waals surface area contributed by atoms with Gasteiger partial charge in [0.25, 0.3) is 0 Å². The first-order valence-electron chi connectivity index (χ1n) is 7.15. The highest BCUT2D eigenvalue weighted by Gasteiger charge is 2.33. The number of amides is 1. The van der Waals surface area contributed by atoms with E-state index in [4.69, 9.17) is 0 Å². The molecule has 102 valence electrons. The van der Waals surface area contributed by atoms with Crippen LogP contribution in [0.4, 0.5) is 0 Å². The van der Waals surface area contributed by atoms with E-state index in [1.165, 1.54) is 19.4 Å². The molecule has 1 saturated carbocycles. The van der Waals surface area contributed by atoms with Gasteiger partial charge in [-0.05, 0) is 25.2 Å². The lowest BCUT2D eigenvalue weighted by Gasteiger charge is -2.36. The predicted molar refractivity (Wildman–Crippen MR) is 68.2 cm³/mol. The zero-order valence-corrected chi connectivity index (χ0v) is 10.8. The minimum atomic E-state index is -0.352. The van der Waals surface area contributed by atoms with Crippen LogP contribution < -0.4 is 5.32 Å². The van der Waals surface area contributed by atoms with Crippen molar-refractivity contribution in [2.24, 2.45) is 5.92 Å². The lowest BCUT2D eigenvalue weighted by Crippen LogP contribution is -2.53. The molecule has 18 heavy (non-hydrogen) atoms. The maximum Gasteiger partial charge on any atom is 0.239 e. The predicted octanol–water partition coefficient (Wildman–Crippen LogP) is -0.737. The van der Waals surface area contributed by atoms with Crippen LogP contribution in [-0.4, -0.2) is 72.2 Å². The molecule has 5 nitrogen and oxygen atoms in total. The molecule has 3 fully saturated rings. The SMILES string of the molecule is O=C([C@@H]1C[C@H](O)CN1)N1CCN(CC2CC2)CC1. The monoisotopic (exact) mass is 253 g/mol. The number of carbonyl (C=O) groups excluding carboxylic acids is 1. The van der Waals surface area contributed by atoms with Gasteiger partial charge in [-0.15, -0.1) is 0 Å². The smallest absolute Gasteiger partial charge is 0.239 e. The van der Waals surface area contributed by atoms with Crippen molar-refractivity contribution in [2.45, 2.75) is 31.4 Å². The van der Waals surface area contributed by atoms with Gasteiger partial charge in [0.05, 0.1) is 12.1 Å². The Balaban J connectivity index is 1.45. The summed E-state index contributed by atoms with van der Waals surface area (Å²) in [5.74, 6) is 1.11. The molecule has 0 radical (unpaired) electrons. The molecule has 0 aromatic carbocycles. The van der Waals surface area contributed by atoms with Crippen LogP contribution in [0.3, 0.4) is 0 Å². The van der Waals surface area contributed by atoms with Crippen molar-refractivity contribution < 1.29 is 9.90 Å². The molecular weight excluding hydrogens is 230 g/mol. The van der Waals surface area contributed by atoms with Gasteiger partial charge in [-0.1, -0.05) is 0 Å². The fourth-order valence-electron chi connectivity index (χ4n) is 2.94. The van der Waals surface area contributed by atoms with Crippen molar-refractivity contribution in [3.63, 3.8) is 0 Å². The van der Waals surface area contributed by atoms with Crippen molar-refractivity contribution in [3.05, 3.63) is 0 Å². The van der Waals surface area contributed by atoms with Crippen LogP contribution in [0.2, 0.25) is 0 Å². The summed E-state index contributed by atoms with van der Waals surface area (Å²) in [6.45, 7) is 5.50. The molecule has 2 saturated heterocycles. The van der Waals surface area contributed by atoms with Gasteiger partial charge in [0.1, 0.15) is 0 Å². The zero-order valence-electron chi connectivity index (χ0n) is 10.8. The van der Waals surface area contributed by atoms with E-state index in [1.54, 1.807) is 0 Å². The summed E-state index contributed by atoms with van der Waals surface area (Å²) in [7, 11) is 0. The Kier molecular flexibility index (Phi) is 3.54. The van der Waals surface area contributed by atoms with Crippen LogP contribution in [-0.2, 0) is 4.79 Å². The van der Waals surface area contributed by atoms with Crippen LogP contribution in [0.25, 0.3) is 0 Å². The number of aliphatic hydroxyl groups excluding tert-OH is 1. The van der Waals surface area contributed by atoms with Crippen LogP contribution in [0.1, 0.15) is 19.3 Å². The summed E-state index contributed by atoms with van der Waals surface area (Å²) in [4.78, 5) is 16.7. The number of rotatable bonds is 3. The van der Waals surface area contributed by atoms with E-state index in [1.807, 2.05) is 4.90 Å². The zero-order chi connectivity index (χ0) is 12.5. The Morgan fingerprint density at radius 3 is 2.50 bits per heavy atom. The van der Waals surface area contributed by atoms with Gasteiger partial charge < -0.3 is 15.3 Å². The lowest BCUT2D eigenvalue weighted by atomic mass is 10.1. The normalized spacial score (nSPS) is 33.9. The molecule has 2 heterocycles. The fourth-order valence-corrected chi connectivity index (χ4v) is 2.94. The summed E-state index contributed by atoms with van der Waals surface area (Å²) < 4.78 is 0. The molecule has 3 aliphatic rings. The molecule has 0 bridgehead atoms. The van der Waals surface area contributed by atoms with Crippen LogP contribution >= 0.6 is 0 Å². The molecule has 3 rings (SSSR count). The summed E-state index contributed by atoms with van der Waals surface area (Å²) >= 11 is 0. The number of hydrogen-bond acceptors (Lipinski definition) is 4. The van der Waals surface area contributed by atoms with Gasteiger partial charge in [-0.25, -0.2) is 0 Å². The highest BCUT2D eigenvalue weighted by atomic mass is 16.3. The van der Waals surface area contributed by atoms with Crippen molar-refractivity contribution in [2.75, 3.05) is 39.3 Å². The fraction of sp³-hybridized carbons (Fsp3) is 0.923. The molecule has 0 aromatic rings. The largest absolute Gasteiger partial charge is 0.392 e. The molecule has 0 aromatic heterocycles. The van der Waals surface area contributed by atoms with Gasteiger partial charge in [-0.3, -0.25) is 9.69 Å². The molecule has 2 atom stereocenters. The van der Waals surface area contributed by atoms with Gasteiger partial charge in [0.2, 0.25) is 5.91 Å². The highest BCUT2D eigenvalue weighted by Crippen LogP contribution is 2.29. The van der Waals surface area contributed by atoms with E-state index in [9.17, 15) is 9.90 Å². The molecule has 0 unspecified atom stereocenters. The lowest BCUT2D eigenvalue weighted by molar-refractivity contribution is -0.135. The van der Waals surface area contributed by atoms with E-state index in [0.717, 1.165) is 32.1 Å². The van der Waals surface area contributed by atoms with Gasteiger partial charge in [0.15, 0.2) is 0 Å². The number of nitrogens with zero attached hydrogens (tertiary/aromatic N) is 2. The van der Waals surface area contributed by atoms with Crippen molar-refractivity contribution in [1.29, 1.82) is 0 Å². The van der Waals surface area contributed by atoms with Gasteiger partial charge in [-0.2, -0.15) is 0 Å². The van der Waals surface area contributed by atoms with Crippen molar-refractivity contribution in [3.8, 4) is 0 Å². The molecule has 2 aliphatic heterocycles. The molecule has 1 aliphatic carbocycles. The Hall–Kier alpha value is -0.650. The van der Waals surface area contributed by atoms with E-state index < -0.39 is 0 Å². The average Bonchev–Trinajstić information content (AvgIpc) is 3.09. The first-order valence-corrected chi connectivity index (χ1v) is 7.15. The Bertz CT molecular complexity index is 311. The Morgan fingerprint density at radius 1 is 1.22 bits per heavy atom. The minimum absolute atomic E-state index is 0.157. The van der Waals surface area contributed by atoms with E-state index >= 15 is 0 Å². The third-order valence-corrected chi connectivity index (χ3v) is 4.30. The van der Waals surface area contributed by atoms with Crippen molar-refractivity contribution in [1.82, 2.24) is 15.1 Å². The summed E-state index contributed by atoms with van der Waals surface area (Å²) in [6.07, 6.45) is 3.00. The van der Waals surface area contributed by atoms with Crippen LogP contribution in [0, 0.1) is 5.92 Å². The van der Waals surface area contributed by atoms with E-state index in [0.29, 0.717) is 13.0 Å². The quantitative estimate of drug-likeness (QED) is 0.696. The molecule has 5 heteroatoms. The van der Waals surface area contributed by atoms with Gasteiger partial charge >= 0.3 is 0 Å². The summed E-state index contributed by atoms with van der Waals surface area (Å²) in [5, 5.41) is 12.6. The second-order valence-electron chi connectivity index (χ2n) is 5.92. The number of hydrogen-bond donors (Lipinski definition) is 2. The second kappa shape index (κ2) is 5.15. The third kappa shape index (κ3) is 2.84. The molecule has 0 spiro atoms. The molecule has 1 amide bonds. The standard InChI is InChI=1S/C13H23N3O2/c17-11-7-12(14-8-11)13(18)16-5-3-15(4-6-16)9-10-1-2-10/h10-12,14,17H,1-9H2/t11-,12-/m0/s1. The molecular formula is C13H23N3O2. The first kappa shape index (κ1) is 12.4. The van der Waals surface area contributed by atoms with Crippen molar-refractivity contribution >= 4 is 5.91 Å². The number of aliphatic hydroxyl groups is 1. The topological polar surface area (TPSA) is 55.8 Å². The van der Waals surface area contributed by atoms with Crippen LogP contribution in [0.5, 0.6) is 0 Å². The summed E-state index contributed by atoms with van der Waals surface area (Å²) in [6, 6.07) is -0.157. The number of carbonyl (C=O) groups is 1. The summed E-state index contributed by atoms with van der Waals surface area (Å²) in [5.41, 5.74) is 0. The number of nitrogens with one attached hydrogen (secondary N) is 1. The third-order valence-electron chi connectivity index (χ3n) is 4.30. The highest BCUT2D eigenvalue weighted by molar-refractivity contribution is 5.82. The Labute approximate surface area is 108 Å². The number of piperazine rings is 1.